The number of rotatable bonds is 14. The van der Waals surface area contributed by atoms with Crippen molar-refractivity contribution in [1.29, 1.82) is 0 Å². The van der Waals surface area contributed by atoms with Crippen molar-refractivity contribution in [3.63, 3.8) is 0 Å². The van der Waals surface area contributed by atoms with Gasteiger partial charge in [0.15, 0.2) is 0 Å². The lowest BCUT2D eigenvalue weighted by molar-refractivity contribution is -0.173. The van der Waals surface area contributed by atoms with Crippen molar-refractivity contribution in [2.24, 2.45) is 0 Å². The maximum absolute atomic E-state index is 13.4. The second-order valence-electron chi connectivity index (χ2n) is 8.83. The van der Waals surface area contributed by atoms with E-state index in [4.69, 9.17) is 4.74 Å². The highest BCUT2D eigenvalue weighted by atomic mass is 19.4. The van der Waals surface area contributed by atoms with Crippen LogP contribution in [0.5, 0.6) is 0 Å². The minimum Gasteiger partial charge on any atom is -0.480 e. The number of carboxylic acid groups (broad SMARTS) is 1. The number of nitrogens with zero attached hydrogens (tertiary/aromatic N) is 1. The molecule has 0 aromatic heterocycles. The molecule has 0 bridgehead atoms. The quantitative estimate of drug-likeness (QED) is 0.250. The Hall–Kier alpha value is -3.15. The number of esters is 1. The zero-order valence-electron chi connectivity index (χ0n) is 20.8. The Labute approximate surface area is 213 Å². The number of amides is 2. The molecule has 206 valence electrons. The third-order valence-electron chi connectivity index (χ3n) is 6.12. The van der Waals surface area contributed by atoms with Gasteiger partial charge in [-0.25, -0.2) is 4.79 Å². The largest absolute Gasteiger partial charge is 0.480 e. The van der Waals surface area contributed by atoms with E-state index < -0.39 is 48.1 Å². The first kappa shape index (κ1) is 30.1. The molecule has 0 saturated carbocycles. The standard InChI is InChI=1S/C25H34F3N3O6/c1-2-37-23(35)19(14-13-17-9-4-3-5-10-17)30-18(11-6-7-15-29-24(36)25(26,27)28)21(32)31-16-8-12-20(31)22(33)34/h3-5,9-10,18-20,30H,2,6-8,11-16H2,1H3,(H,29,36)(H,33,34)/t18-,19+,20-/m1/s1. The fraction of sp³-hybridized carbons (Fsp3) is 0.600. The second kappa shape index (κ2) is 14.6. The first-order chi connectivity index (χ1) is 17.5. The van der Waals surface area contributed by atoms with Gasteiger partial charge < -0.3 is 20.1 Å². The van der Waals surface area contributed by atoms with Crippen molar-refractivity contribution in [1.82, 2.24) is 15.5 Å². The van der Waals surface area contributed by atoms with Crippen molar-refractivity contribution in [3.05, 3.63) is 35.9 Å². The lowest BCUT2D eigenvalue weighted by atomic mass is 10.0. The van der Waals surface area contributed by atoms with Crippen LogP contribution in [0.15, 0.2) is 30.3 Å². The van der Waals surface area contributed by atoms with Crippen LogP contribution < -0.4 is 10.6 Å². The van der Waals surface area contributed by atoms with Gasteiger partial charge in [0.2, 0.25) is 5.91 Å². The Kier molecular flexibility index (Phi) is 11.8. The number of carbonyl (C=O) groups is 4. The molecule has 1 aromatic rings. The molecule has 2 rings (SSSR count). The molecule has 0 unspecified atom stereocenters. The summed E-state index contributed by atoms with van der Waals surface area (Å²) in [7, 11) is 0. The summed E-state index contributed by atoms with van der Waals surface area (Å²) in [5, 5.41) is 14.3. The Morgan fingerprint density at radius 3 is 2.43 bits per heavy atom. The van der Waals surface area contributed by atoms with Gasteiger partial charge >= 0.3 is 24.0 Å². The number of unbranched alkanes of at least 4 members (excludes halogenated alkanes) is 1. The molecule has 1 heterocycles. The smallest absolute Gasteiger partial charge is 0.471 e. The molecule has 37 heavy (non-hydrogen) atoms. The number of hydrogen-bond donors (Lipinski definition) is 3. The Bertz CT molecular complexity index is 913. The predicted molar refractivity (Wildman–Crippen MR) is 127 cm³/mol. The molecule has 0 spiro atoms. The van der Waals surface area contributed by atoms with Gasteiger partial charge in [-0.1, -0.05) is 30.3 Å². The number of benzene rings is 1. The molecule has 1 aliphatic rings. The third-order valence-corrected chi connectivity index (χ3v) is 6.12. The van der Waals surface area contributed by atoms with Crippen LogP contribution in [-0.4, -0.2) is 77.8 Å². The van der Waals surface area contributed by atoms with Crippen LogP contribution >= 0.6 is 0 Å². The van der Waals surface area contributed by atoms with Crippen molar-refractivity contribution < 1.29 is 42.2 Å². The van der Waals surface area contributed by atoms with Crippen LogP contribution in [0.3, 0.4) is 0 Å². The van der Waals surface area contributed by atoms with E-state index in [-0.39, 0.29) is 39.0 Å². The van der Waals surface area contributed by atoms with Crippen LogP contribution in [0.4, 0.5) is 13.2 Å². The third kappa shape index (κ3) is 9.67. The first-order valence-corrected chi connectivity index (χ1v) is 12.4. The number of hydrogen-bond acceptors (Lipinski definition) is 6. The molecular formula is C25H34F3N3O6. The summed E-state index contributed by atoms with van der Waals surface area (Å²) < 4.78 is 42.3. The Morgan fingerprint density at radius 1 is 1.11 bits per heavy atom. The number of aryl methyl sites for hydroxylation is 1. The van der Waals surface area contributed by atoms with Gasteiger partial charge in [-0.3, -0.25) is 19.7 Å². The monoisotopic (exact) mass is 529 g/mol. The fourth-order valence-corrected chi connectivity index (χ4v) is 4.25. The summed E-state index contributed by atoms with van der Waals surface area (Å²) >= 11 is 0. The zero-order chi connectivity index (χ0) is 27.4. The van der Waals surface area contributed by atoms with Crippen LogP contribution in [0.2, 0.25) is 0 Å². The topological polar surface area (TPSA) is 125 Å². The summed E-state index contributed by atoms with van der Waals surface area (Å²) in [6.45, 7) is 1.80. The highest BCUT2D eigenvalue weighted by molar-refractivity contribution is 5.88. The number of ether oxygens (including phenoxy) is 1. The normalized spacial score (nSPS) is 17.2. The molecule has 1 aliphatic heterocycles. The molecule has 0 radical (unpaired) electrons. The maximum atomic E-state index is 13.4. The summed E-state index contributed by atoms with van der Waals surface area (Å²) in [4.78, 5) is 50.0. The molecule has 1 aromatic carbocycles. The minimum atomic E-state index is -4.98. The summed E-state index contributed by atoms with van der Waals surface area (Å²) in [5.74, 6) is -4.20. The van der Waals surface area contributed by atoms with E-state index in [1.165, 1.54) is 4.90 Å². The number of carboxylic acids is 1. The van der Waals surface area contributed by atoms with Gasteiger partial charge in [-0.05, 0) is 57.4 Å². The Balaban J connectivity index is 2.11. The van der Waals surface area contributed by atoms with Crippen LogP contribution in [0.1, 0.15) is 51.0 Å². The van der Waals surface area contributed by atoms with E-state index in [0.29, 0.717) is 25.7 Å². The second-order valence-corrected chi connectivity index (χ2v) is 8.83. The SMILES string of the molecule is CCOC(=O)[C@H](CCc1ccccc1)N[C@H](CCCCNC(=O)C(F)(F)F)C(=O)N1CCC[C@@H]1C(=O)O. The van der Waals surface area contributed by atoms with E-state index in [2.05, 4.69) is 5.32 Å². The van der Waals surface area contributed by atoms with E-state index in [1.54, 1.807) is 12.2 Å². The fourth-order valence-electron chi connectivity index (χ4n) is 4.25. The molecule has 3 N–H and O–H groups in total. The summed E-state index contributed by atoms with van der Waals surface area (Å²) in [6.07, 6.45) is -2.77. The molecule has 3 atom stereocenters. The number of nitrogens with one attached hydrogen (secondary N) is 2. The van der Waals surface area contributed by atoms with Crippen LogP contribution in [-0.2, 0) is 30.3 Å². The highest BCUT2D eigenvalue weighted by Crippen LogP contribution is 2.21. The van der Waals surface area contributed by atoms with Gasteiger partial charge in [0, 0.05) is 13.1 Å². The van der Waals surface area contributed by atoms with Gasteiger partial charge in [-0.15, -0.1) is 0 Å². The average Bonchev–Trinajstić information content (AvgIpc) is 3.35. The van der Waals surface area contributed by atoms with E-state index in [9.17, 15) is 37.5 Å². The minimum absolute atomic E-state index is 0.130. The molecular weight excluding hydrogens is 495 g/mol. The van der Waals surface area contributed by atoms with Crippen molar-refractivity contribution >= 4 is 23.8 Å². The molecule has 9 nitrogen and oxygen atoms in total. The molecule has 1 saturated heterocycles. The molecule has 12 heteroatoms. The average molecular weight is 530 g/mol. The summed E-state index contributed by atoms with van der Waals surface area (Å²) in [5.41, 5.74) is 0.979. The number of alkyl halides is 3. The van der Waals surface area contributed by atoms with E-state index in [0.717, 1.165) is 5.56 Å². The highest BCUT2D eigenvalue weighted by Gasteiger charge is 2.39. The van der Waals surface area contributed by atoms with E-state index in [1.807, 2.05) is 30.3 Å². The van der Waals surface area contributed by atoms with Crippen LogP contribution in [0.25, 0.3) is 0 Å². The van der Waals surface area contributed by atoms with E-state index >= 15 is 0 Å². The van der Waals surface area contributed by atoms with Crippen molar-refractivity contribution in [3.8, 4) is 0 Å². The Morgan fingerprint density at radius 2 is 1.81 bits per heavy atom. The molecule has 0 aliphatic carbocycles. The maximum Gasteiger partial charge on any atom is 0.471 e. The van der Waals surface area contributed by atoms with Crippen LogP contribution in [0, 0.1) is 0 Å². The summed E-state index contributed by atoms with van der Waals surface area (Å²) in [6, 6.07) is 6.62. The predicted octanol–water partition coefficient (Wildman–Crippen LogP) is 2.43. The number of carbonyl (C=O) groups excluding carboxylic acids is 3. The van der Waals surface area contributed by atoms with Gasteiger partial charge in [-0.2, -0.15) is 13.2 Å². The lowest BCUT2D eigenvalue weighted by Crippen LogP contribution is -2.54. The first-order valence-electron chi connectivity index (χ1n) is 12.4. The lowest BCUT2D eigenvalue weighted by Gasteiger charge is -2.30. The molecule has 1 fully saturated rings. The van der Waals surface area contributed by atoms with Gasteiger partial charge in [0.1, 0.15) is 12.1 Å². The van der Waals surface area contributed by atoms with Crippen molar-refractivity contribution in [2.75, 3.05) is 19.7 Å². The number of likely N-dealkylation sites (tertiary alicyclic amines) is 1. The molecule has 2 amide bonds. The number of aliphatic carboxylic acids is 1. The van der Waals surface area contributed by atoms with Gasteiger partial charge in [0.25, 0.3) is 0 Å². The zero-order valence-corrected chi connectivity index (χ0v) is 20.8. The van der Waals surface area contributed by atoms with Gasteiger partial charge in [0.05, 0.1) is 12.6 Å². The number of halogens is 3. The van der Waals surface area contributed by atoms with Crippen molar-refractivity contribution in [2.45, 2.75) is 76.2 Å².